The molecule has 0 saturated carbocycles. The molecule has 4 rings (SSSR count). The van der Waals surface area contributed by atoms with Gasteiger partial charge in [0.2, 0.25) is 0 Å². The van der Waals surface area contributed by atoms with Crippen molar-refractivity contribution in [1.29, 1.82) is 0 Å². The van der Waals surface area contributed by atoms with Gasteiger partial charge in [0.1, 0.15) is 5.52 Å². The Balaban J connectivity index is 1.88. The van der Waals surface area contributed by atoms with Gasteiger partial charge in [0.05, 0.1) is 17.6 Å². The summed E-state index contributed by atoms with van der Waals surface area (Å²) >= 11 is 0. The molecule has 0 fully saturated rings. The van der Waals surface area contributed by atoms with Crippen LogP contribution in [0, 0.1) is 0 Å². The second kappa shape index (κ2) is 4.31. The normalized spacial score (nSPS) is 11.0. The maximum Gasteiger partial charge on any atom is 0.181 e. The quantitative estimate of drug-likeness (QED) is 0.602. The topological polar surface area (TPSA) is 67.6 Å². The van der Waals surface area contributed by atoms with Crippen molar-refractivity contribution >= 4 is 11.1 Å². The second-order valence-corrected chi connectivity index (χ2v) is 4.41. The molecule has 0 atom stereocenters. The fraction of sp³-hybridized carbons (Fsp3) is 0. The Morgan fingerprint density at radius 3 is 2.95 bits per heavy atom. The number of aromatic nitrogens is 4. The van der Waals surface area contributed by atoms with Gasteiger partial charge >= 0.3 is 0 Å². The van der Waals surface area contributed by atoms with Gasteiger partial charge < -0.3 is 4.42 Å². The molecule has 1 N–H and O–H groups in total. The van der Waals surface area contributed by atoms with E-state index in [4.69, 9.17) is 4.42 Å². The molecule has 5 nitrogen and oxygen atoms in total. The first kappa shape index (κ1) is 10.9. The first-order valence-electron chi connectivity index (χ1n) is 6.20. The molecule has 96 valence electrons. The number of aromatic amines is 1. The predicted molar refractivity (Wildman–Crippen MR) is 74.8 cm³/mol. The number of pyridine rings is 1. The van der Waals surface area contributed by atoms with Crippen molar-refractivity contribution in [3.63, 3.8) is 0 Å². The number of rotatable bonds is 2. The van der Waals surface area contributed by atoms with Gasteiger partial charge in [-0.05, 0) is 29.8 Å². The number of hydrogen-bond donors (Lipinski definition) is 1. The highest BCUT2D eigenvalue weighted by Gasteiger charge is 2.11. The lowest BCUT2D eigenvalue weighted by atomic mass is 10.0. The van der Waals surface area contributed by atoms with Gasteiger partial charge in [-0.25, -0.2) is 4.98 Å². The summed E-state index contributed by atoms with van der Waals surface area (Å²) in [5.41, 5.74) is 5.38. The molecule has 0 unspecified atom stereocenters. The average molecular weight is 262 g/mol. The van der Waals surface area contributed by atoms with E-state index in [1.807, 2.05) is 36.4 Å². The first-order valence-corrected chi connectivity index (χ1v) is 6.20. The molecule has 0 amide bonds. The minimum Gasteiger partial charge on any atom is -0.443 e. The molecule has 1 aromatic carbocycles. The highest BCUT2D eigenvalue weighted by atomic mass is 16.3. The molecule has 4 aromatic rings. The zero-order valence-corrected chi connectivity index (χ0v) is 10.4. The zero-order chi connectivity index (χ0) is 13.4. The number of H-pyrrole nitrogens is 1. The lowest BCUT2D eigenvalue weighted by Crippen LogP contribution is -1.85. The van der Waals surface area contributed by atoms with Crippen molar-refractivity contribution in [2.75, 3.05) is 0 Å². The van der Waals surface area contributed by atoms with Gasteiger partial charge in [-0.2, -0.15) is 5.10 Å². The Morgan fingerprint density at radius 1 is 1.05 bits per heavy atom. The molecule has 0 saturated heterocycles. The van der Waals surface area contributed by atoms with Crippen LogP contribution in [0.15, 0.2) is 59.6 Å². The second-order valence-electron chi connectivity index (χ2n) is 4.41. The van der Waals surface area contributed by atoms with Crippen molar-refractivity contribution in [2.24, 2.45) is 0 Å². The maximum absolute atomic E-state index is 5.26. The van der Waals surface area contributed by atoms with Crippen LogP contribution in [0.25, 0.3) is 33.6 Å². The largest absolute Gasteiger partial charge is 0.443 e. The first-order chi connectivity index (χ1) is 9.92. The van der Waals surface area contributed by atoms with E-state index in [0.29, 0.717) is 0 Å². The summed E-state index contributed by atoms with van der Waals surface area (Å²) in [6.45, 7) is 0. The number of fused-ring (bicyclic) bond motifs is 1. The molecule has 0 aliphatic heterocycles. The summed E-state index contributed by atoms with van der Waals surface area (Å²) in [5, 5.41) is 7.14. The standard InChI is InChI=1S/C15H10N4O/c1-2-6-16-12(3-1)15-11(8-18-19-15)10-4-5-14-13(7-10)17-9-20-14/h1-9H,(H,18,19). The van der Waals surface area contributed by atoms with E-state index in [0.717, 1.165) is 33.6 Å². The Bertz CT molecular complexity index is 864. The third-order valence-electron chi connectivity index (χ3n) is 3.20. The van der Waals surface area contributed by atoms with Crippen molar-refractivity contribution in [1.82, 2.24) is 20.2 Å². The molecule has 0 aliphatic rings. The SMILES string of the molecule is c1ccc(-c2[nH]ncc2-c2ccc3ocnc3c2)nc1. The fourth-order valence-corrected chi connectivity index (χ4v) is 2.24. The number of hydrogen-bond acceptors (Lipinski definition) is 4. The van der Waals surface area contributed by atoms with Crippen LogP contribution in [0.3, 0.4) is 0 Å². The summed E-state index contributed by atoms with van der Waals surface area (Å²) in [5.74, 6) is 0. The highest BCUT2D eigenvalue weighted by Crippen LogP contribution is 2.30. The molecule has 3 aromatic heterocycles. The van der Waals surface area contributed by atoms with Crippen molar-refractivity contribution in [3.8, 4) is 22.5 Å². The smallest absolute Gasteiger partial charge is 0.181 e. The average Bonchev–Trinajstić information content (AvgIpc) is 3.16. The molecule has 20 heavy (non-hydrogen) atoms. The van der Waals surface area contributed by atoms with Crippen LogP contribution in [0.5, 0.6) is 0 Å². The van der Waals surface area contributed by atoms with Crippen LogP contribution in [0.4, 0.5) is 0 Å². The molecule has 0 radical (unpaired) electrons. The van der Waals surface area contributed by atoms with Gasteiger partial charge in [0.15, 0.2) is 12.0 Å². The minimum atomic E-state index is 0.775. The fourth-order valence-electron chi connectivity index (χ4n) is 2.24. The highest BCUT2D eigenvalue weighted by molar-refractivity contribution is 5.85. The van der Waals surface area contributed by atoms with Crippen molar-refractivity contribution in [2.45, 2.75) is 0 Å². The van der Waals surface area contributed by atoms with Gasteiger partial charge in [0.25, 0.3) is 0 Å². The van der Waals surface area contributed by atoms with E-state index >= 15 is 0 Å². The molecular weight excluding hydrogens is 252 g/mol. The van der Waals surface area contributed by atoms with Gasteiger partial charge in [-0.1, -0.05) is 12.1 Å². The summed E-state index contributed by atoms with van der Waals surface area (Å²) in [6, 6.07) is 11.7. The lowest BCUT2D eigenvalue weighted by Gasteiger charge is -2.02. The van der Waals surface area contributed by atoms with E-state index in [2.05, 4.69) is 20.2 Å². The van der Waals surface area contributed by atoms with Gasteiger partial charge in [0, 0.05) is 11.8 Å². The Hall–Kier alpha value is -2.95. The number of benzene rings is 1. The maximum atomic E-state index is 5.26. The Kier molecular flexibility index (Phi) is 2.35. The van der Waals surface area contributed by atoms with Crippen LogP contribution in [0.1, 0.15) is 0 Å². The minimum absolute atomic E-state index is 0.775. The molecular formula is C15H10N4O. The predicted octanol–water partition coefficient (Wildman–Crippen LogP) is 3.28. The Labute approximate surface area is 114 Å². The van der Waals surface area contributed by atoms with E-state index in [1.165, 1.54) is 6.39 Å². The van der Waals surface area contributed by atoms with E-state index in [1.54, 1.807) is 12.4 Å². The Morgan fingerprint density at radius 2 is 2.05 bits per heavy atom. The molecule has 5 heteroatoms. The number of oxazole rings is 1. The third kappa shape index (κ3) is 1.68. The zero-order valence-electron chi connectivity index (χ0n) is 10.4. The molecule has 0 aliphatic carbocycles. The summed E-state index contributed by atoms with van der Waals surface area (Å²) in [7, 11) is 0. The number of nitrogens with zero attached hydrogens (tertiary/aromatic N) is 3. The van der Waals surface area contributed by atoms with E-state index in [9.17, 15) is 0 Å². The summed E-state index contributed by atoms with van der Waals surface area (Å²) < 4.78 is 5.26. The van der Waals surface area contributed by atoms with E-state index in [-0.39, 0.29) is 0 Å². The van der Waals surface area contributed by atoms with E-state index < -0.39 is 0 Å². The van der Waals surface area contributed by atoms with Crippen LogP contribution in [-0.2, 0) is 0 Å². The van der Waals surface area contributed by atoms with Gasteiger partial charge in [-0.3, -0.25) is 10.1 Å². The van der Waals surface area contributed by atoms with Crippen LogP contribution in [-0.4, -0.2) is 20.2 Å². The molecule has 0 spiro atoms. The van der Waals surface area contributed by atoms with Gasteiger partial charge in [-0.15, -0.1) is 0 Å². The lowest BCUT2D eigenvalue weighted by molar-refractivity contribution is 0.602. The van der Waals surface area contributed by atoms with Crippen LogP contribution in [0.2, 0.25) is 0 Å². The van der Waals surface area contributed by atoms with Crippen LogP contribution >= 0.6 is 0 Å². The van der Waals surface area contributed by atoms with Crippen LogP contribution < -0.4 is 0 Å². The third-order valence-corrected chi connectivity index (χ3v) is 3.20. The van der Waals surface area contributed by atoms with Crippen molar-refractivity contribution < 1.29 is 4.42 Å². The summed E-state index contributed by atoms with van der Waals surface area (Å²) in [4.78, 5) is 8.53. The molecule has 0 bridgehead atoms. The van der Waals surface area contributed by atoms with Crippen molar-refractivity contribution in [3.05, 3.63) is 55.2 Å². The summed E-state index contributed by atoms with van der Waals surface area (Å²) in [6.07, 6.45) is 5.01. The molecule has 3 heterocycles. The number of nitrogens with one attached hydrogen (secondary N) is 1. The monoisotopic (exact) mass is 262 g/mol.